The molecule has 0 fully saturated rings. The first-order valence-corrected chi connectivity index (χ1v) is 6.21. The first kappa shape index (κ1) is 13.8. The molecule has 3 nitrogen and oxygen atoms in total. The van der Waals surface area contributed by atoms with Gasteiger partial charge in [0.25, 0.3) is 0 Å². The van der Waals surface area contributed by atoms with E-state index in [-0.39, 0.29) is 5.41 Å². The summed E-state index contributed by atoms with van der Waals surface area (Å²) < 4.78 is 11.0. The molecular formula is C14H23NO2. The van der Waals surface area contributed by atoms with Gasteiger partial charge in [-0.2, -0.15) is 4.99 Å². The van der Waals surface area contributed by atoms with Crippen molar-refractivity contribution in [1.29, 1.82) is 0 Å². The van der Waals surface area contributed by atoms with E-state index >= 15 is 0 Å². The van der Waals surface area contributed by atoms with Crippen LogP contribution in [0.1, 0.15) is 41.0 Å². The summed E-state index contributed by atoms with van der Waals surface area (Å²) >= 11 is 0. The molecular weight excluding hydrogens is 214 g/mol. The molecule has 0 saturated heterocycles. The third kappa shape index (κ3) is 4.25. The van der Waals surface area contributed by atoms with Gasteiger partial charge in [0.2, 0.25) is 5.88 Å². The fourth-order valence-electron chi connectivity index (χ4n) is 1.59. The molecule has 0 aromatic rings. The summed E-state index contributed by atoms with van der Waals surface area (Å²) in [5, 5.41) is 0. The summed E-state index contributed by atoms with van der Waals surface area (Å²) in [6, 6.07) is 0. The van der Waals surface area contributed by atoms with Crippen LogP contribution in [0, 0.1) is 5.41 Å². The Hall–Kier alpha value is -1.25. The highest BCUT2D eigenvalue weighted by atomic mass is 16.5. The maximum absolute atomic E-state index is 5.55. The molecule has 0 unspecified atom stereocenters. The molecule has 96 valence electrons. The van der Waals surface area contributed by atoms with Crippen LogP contribution in [0.25, 0.3) is 0 Å². The fourth-order valence-corrected chi connectivity index (χ4v) is 1.59. The van der Waals surface area contributed by atoms with Gasteiger partial charge in [0.1, 0.15) is 0 Å². The van der Waals surface area contributed by atoms with E-state index in [0.717, 1.165) is 12.3 Å². The fraction of sp³-hybridized carbons (Fsp3) is 0.643. The zero-order valence-electron chi connectivity index (χ0n) is 11.5. The number of ether oxygens (including phenoxy) is 2. The van der Waals surface area contributed by atoms with Crippen LogP contribution in [-0.4, -0.2) is 19.1 Å². The van der Waals surface area contributed by atoms with E-state index in [1.807, 2.05) is 19.9 Å². The summed E-state index contributed by atoms with van der Waals surface area (Å²) in [5.41, 5.74) is 1.43. The van der Waals surface area contributed by atoms with E-state index in [1.165, 1.54) is 5.57 Å². The molecule has 0 amide bonds. The van der Waals surface area contributed by atoms with Gasteiger partial charge in [-0.05, 0) is 19.3 Å². The van der Waals surface area contributed by atoms with Crippen LogP contribution in [0.3, 0.4) is 0 Å². The minimum atomic E-state index is 0.121. The predicted octanol–water partition coefficient (Wildman–Crippen LogP) is 3.68. The van der Waals surface area contributed by atoms with E-state index in [0.29, 0.717) is 19.1 Å². The van der Waals surface area contributed by atoms with Crippen molar-refractivity contribution in [3.63, 3.8) is 0 Å². The Morgan fingerprint density at radius 2 is 1.76 bits per heavy atom. The normalized spacial score (nSPS) is 16.6. The molecule has 0 N–H and O–H groups in total. The number of aliphatic imine (C=N–C) groups is 1. The summed E-state index contributed by atoms with van der Waals surface area (Å²) in [6.45, 7) is 11.8. The number of hydrogen-bond donors (Lipinski definition) is 0. The molecule has 0 aromatic heterocycles. The van der Waals surface area contributed by atoms with Crippen LogP contribution in [0.5, 0.6) is 0 Å². The topological polar surface area (TPSA) is 30.8 Å². The lowest BCUT2D eigenvalue weighted by atomic mass is 9.84. The van der Waals surface area contributed by atoms with Crippen molar-refractivity contribution in [2.75, 3.05) is 13.2 Å². The summed E-state index contributed by atoms with van der Waals surface area (Å²) in [6.07, 6.45) is 4.78. The van der Waals surface area contributed by atoms with Gasteiger partial charge in [0.05, 0.1) is 13.2 Å². The molecule has 17 heavy (non-hydrogen) atoms. The summed E-state index contributed by atoms with van der Waals surface area (Å²) in [5.74, 6) is 1.38. The maximum atomic E-state index is 5.55. The second-order valence-electron chi connectivity index (χ2n) is 5.00. The molecule has 0 spiro atoms. The quantitative estimate of drug-likeness (QED) is 0.749. The molecule has 0 aliphatic carbocycles. The largest absolute Gasteiger partial charge is 0.481 e. The average molecular weight is 237 g/mol. The average Bonchev–Trinajstić information content (AvgIpc) is 2.41. The van der Waals surface area contributed by atoms with Crippen LogP contribution >= 0.6 is 0 Å². The Bertz CT molecular complexity index is 346. The third-order valence-corrected chi connectivity index (χ3v) is 2.57. The van der Waals surface area contributed by atoms with Gasteiger partial charge in [0, 0.05) is 12.5 Å². The molecule has 0 atom stereocenters. The minimum Gasteiger partial charge on any atom is -0.481 e. The van der Waals surface area contributed by atoms with Crippen molar-refractivity contribution in [3.05, 3.63) is 23.6 Å². The Labute approximate surface area is 104 Å². The highest BCUT2D eigenvalue weighted by Gasteiger charge is 2.21. The number of hydrogen-bond acceptors (Lipinski definition) is 3. The van der Waals surface area contributed by atoms with Gasteiger partial charge in [-0.3, -0.25) is 0 Å². The van der Waals surface area contributed by atoms with Gasteiger partial charge in [-0.1, -0.05) is 32.4 Å². The van der Waals surface area contributed by atoms with E-state index in [9.17, 15) is 0 Å². The lowest BCUT2D eigenvalue weighted by Gasteiger charge is -2.22. The molecule has 1 rings (SSSR count). The lowest BCUT2D eigenvalue weighted by molar-refractivity contribution is 0.223. The predicted molar refractivity (Wildman–Crippen MR) is 70.9 cm³/mol. The molecule has 0 bridgehead atoms. The van der Waals surface area contributed by atoms with Crippen LogP contribution < -0.4 is 0 Å². The number of rotatable bonds is 3. The first-order valence-electron chi connectivity index (χ1n) is 6.21. The summed E-state index contributed by atoms with van der Waals surface area (Å²) in [4.78, 5) is 4.40. The Balaban J connectivity index is 2.97. The van der Waals surface area contributed by atoms with Crippen LogP contribution in [0.2, 0.25) is 0 Å². The van der Waals surface area contributed by atoms with E-state index in [2.05, 4.69) is 31.8 Å². The van der Waals surface area contributed by atoms with Crippen molar-refractivity contribution >= 4 is 5.90 Å². The number of allylic oxidation sites excluding steroid dienone is 2. The zero-order chi connectivity index (χ0) is 12.9. The van der Waals surface area contributed by atoms with Crippen molar-refractivity contribution < 1.29 is 9.47 Å². The molecule has 1 aliphatic rings. The van der Waals surface area contributed by atoms with Gasteiger partial charge in [-0.25, -0.2) is 0 Å². The second kappa shape index (κ2) is 5.89. The minimum absolute atomic E-state index is 0.121. The molecule has 0 radical (unpaired) electrons. The zero-order valence-corrected chi connectivity index (χ0v) is 11.5. The van der Waals surface area contributed by atoms with Crippen molar-refractivity contribution in [2.24, 2.45) is 10.4 Å². The lowest BCUT2D eigenvalue weighted by Crippen LogP contribution is -2.15. The van der Waals surface area contributed by atoms with Crippen LogP contribution in [-0.2, 0) is 9.47 Å². The molecule has 1 aliphatic heterocycles. The second-order valence-corrected chi connectivity index (χ2v) is 5.00. The van der Waals surface area contributed by atoms with E-state index in [4.69, 9.17) is 9.47 Å². The molecule has 0 saturated carbocycles. The highest BCUT2D eigenvalue weighted by Crippen LogP contribution is 2.30. The van der Waals surface area contributed by atoms with Gasteiger partial charge in [0.15, 0.2) is 5.90 Å². The van der Waals surface area contributed by atoms with Crippen LogP contribution in [0.15, 0.2) is 28.6 Å². The maximum Gasteiger partial charge on any atom is 0.216 e. The van der Waals surface area contributed by atoms with Crippen LogP contribution in [0.4, 0.5) is 0 Å². The van der Waals surface area contributed by atoms with Crippen molar-refractivity contribution in [3.8, 4) is 0 Å². The van der Waals surface area contributed by atoms with E-state index in [1.54, 1.807) is 0 Å². The molecule has 0 aromatic carbocycles. The van der Waals surface area contributed by atoms with Crippen molar-refractivity contribution in [2.45, 2.75) is 41.0 Å². The first-order chi connectivity index (χ1) is 7.97. The Morgan fingerprint density at radius 1 is 1.12 bits per heavy atom. The van der Waals surface area contributed by atoms with Gasteiger partial charge >= 0.3 is 0 Å². The van der Waals surface area contributed by atoms with Gasteiger partial charge in [-0.15, -0.1) is 0 Å². The standard InChI is InChI=1S/C14H23NO2/c1-6-16-12-9-8-11(14(3,4)5)10-13(15-12)17-7-2/h8-9H,6-7,10H2,1-5H3. The molecule has 3 heteroatoms. The van der Waals surface area contributed by atoms with Gasteiger partial charge < -0.3 is 9.47 Å². The Kier molecular flexibility index (Phi) is 4.79. The van der Waals surface area contributed by atoms with Crippen molar-refractivity contribution in [1.82, 2.24) is 0 Å². The molecule has 1 heterocycles. The SMILES string of the molecule is CCOC1=CC=C(C(C)(C)C)CC(OCC)=N1. The highest BCUT2D eigenvalue weighted by molar-refractivity contribution is 5.80. The summed E-state index contributed by atoms with van der Waals surface area (Å²) in [7, 11) is 0. The Morgan fingerprint density at radius 3 is 2.29 bits per heavy atom. The smallest absolute Gasteiger partial charge is 0.216 e. The monoisotopic (exact) mass is 237 g/mol. The third-order valence-electron chi connectivity index (χ3n) is 2.57. The van der Waals surface area contributed by atoms with E-state index < -0.39 is 0 Å². The number of nitrogens with zero attached hydrogens (tertiary/aromatic N) is 1.